The second kappa shape index (κ2) is 7.88. The van der Waals surface area contributed by atoms with E-state index in [4.69, 9.17) is 5.73 Å². The molecule has 0 rings (SSSR count). The van der Waals surface area contributed by atoms with E-state index >= 15 is 0 Å². The summed E-state index contributed by atoms with van der Waals surface area (Å²) in [7, 11) is 0. The lowest BCUT2D eigenvalue weighted by Crippen LogP contribution is -1.96. The number of aldehydes is 2. The lowest BCUT2D eigenvalue weighted by Gasteiger charge is -1.88. The van der Waals surface area contributed by atoms with Crippen molar-refractivity contribution in [3.05, 3.63) is 23.8 Å². The van der Waals surface area contributed by atoms with Crippen molar-refractivity contribution >= 4 is 12.6 Å². The van der Waals surface area contributed by atoms with Gasteiger partial charge in [-0.15, -0.1) is 0 Å². The van der Waals surface area contributed by atoms with Gasteiger partial charge in [0.05, 0.1) is 0 Å². The molecule has 0 aliphatic carbocycles. The largest absolute Gasteiger partial charge is 0.330 e. The molecule has 3 nitrogen and oxygen atoms in total. The van der Waals surface area contributed by atoms with Crippen LogP contribution in [0.2, 0.25) is 0 Å². The van der Waals surface area contributed by atoms with Gasteiger partial charge in [-0.3, -0.25) is 4.79 Å². The number of hydrogen-bond acceptors (Lipinski definition) is 3. The number of carbonyl (C=O) groups is 2. The van der Waals surface area contributed by atoms with E-state index in [2.05, 4.69) is 0 Å². The molecule has 0 aliphatic heterocycles. The lowest BCUT2D eigenvalue weighted by atomic mass is 10.2. The molecule has 0 unspecified atom stereocenters. The van der Waals surface area contributed by atoms with Crippen molar-refractivity contribution < 1.29 is 9.59 Å². The molecule has 3 heteroatoms. The average molecular weight is 167 g/mol. The topological polar surface area (TPSA) is 60.2 Å². The molecule has 0 bridgehead atoms. The van der Waals surface area contributed by atoms with Crippen molar-refractivity contribution in [1.82, 2.24) is 0 Å². The van der Waals surface area contributed by atoms with Gasteiger partial charge in [0.1, 0.15) is 12.6 Å². The summed E-state index contributed by atoms with van der Waals surface area (Å²) in [6.07, 6.45) is 7.56. The maximum absolute atomic E-state index is 10.4. The third-order valence-corrected chi connectivity index (χ3v) is 1.23. The van der Waals surface area contributed by atoms with E-state index in [-0.39, 0.29) is 0 Å². The molecule has 0 spiro atoms. The Kier molecular flexibility index (Phi) is 7.08. The summed E-state index contributed by atoms with van der Waals surface area (Å²) in [5.74, 6) is 0. The molecule has 0 saturated carbocycles. The summed E-state index contributed by atoms with van der Waals surface area (Å²) in [5, 5.41) is 0. The summed E-state index contributed by atoms with van der Waals surface area (Å²) in [5.41, 5.74) is 5.82. The summed E-state index contributed by atoms with van der Waals surface area (Å²) >= 11 is 0. The Morgan fingerprint density at radius 3 is 2.58 bits per heavy atom. The van der Waals surface area contributed by atoms with Crippen LogP contribution >= 0.6 is 0 Å². The monoisotopic (exact) mass is 167 g/mol. The first-order valence-electron chi connectivity index (χ1n) is 3.80. The second-order valence-electron chi connectivity index (χ2n) is 2.20. The van der Waals surface area contributed by atoms with Gasteiger partial charge >= 0.3 is 0 Å². The minimum Gasteiger partial charge on any atom is -0.330 e. The summed E-state index contributed by atoms with van der Waals surface area (Å²) < 4.78 is 0. The van der Waals surface area contributed by atoms with Gasteiger partial charge in [-0.2, -0.15) is 0 Å². The molecule has 0 radical (unpaired) electrons. The molecule has 0 atom stereocenters. The highest BCUT2D eigenvalue weighted by atomic mass is 16.1. The molecule has 66 valence electrons. The van der Waals surface area contributed by atoms with Crippen LogP contribution in [0.4, 0.5) is 0 Å². The fourth-order valence-electron chi connectivity index (χ4n) is 0.665. The highest BCUT2D eigenvalue weighted by molar-refractivity contribution is 5.77. The van der Waals surface area contributed by atoms with E-state index < -0.39 is 0 Å². The first-order valence-corrected chi connectivity index (χ1v) is 3.80. The Morgan fingerprint density at radius 2 is 2.08 bits per heavy atom. The van der Waals surface area contributed by atoms with Crippen LogP contribution in [-0.2, 0) is 9.59 Å². The number of allylic oxidation sites excluding steroid dienone is 3. The molecular formula is C9H13NO2. The van der Waals surface area contributed by atoms with Crippen molar-refractivity contribution in [3.63, 3.8) is 0 Å². The molecule has 0 heterocycles. The Morgan fingerprint density at radius 1 is 1.33 bits per heavy atom. The number of nitrogens with two attached hydrogens (primary N) is 1. The van der Waals surface area contributed by atoms with Crippen LogP contribution in [0.1, 0.15) is 12.8 Å². The quantitative estimate of drug-likeness (QED) is 0.358. The van der Waals surface area contributed by atoms with Gasteiger partial charge in [0.25, 0.3) is 0 Å². The molecule has 0 amide bonds. The van der Waals surface area contributed by atoms with Gasteiger partial charge in [-0.1, -0.05) is 18.2 Å². The van der Waals surface area contributed by atoms with Crippen LogP contribution in [0.25, 0.3) is 0 Å². The highest BCUT2D eigenvalue weighted by Crippen LogP contribution is 1.95. The SMILES string of the molecule is NCC/C=C(C=O)\C=C/CC=O. The zero-order chi connectivity index (χ0) is 9.23. The fourth-order valence-corrected chi connectivity index (χ4v) is 0.665. The minimum atomic E-state index is 0.341. The van der Waals surface area contributed by atoms with E-state index in [0.29, 0.717) is 25.0 Å². The van der Waals surface area contributed by atoms with Crippen molar-refractivity contribution in [1.29, 1.82) is 0 Å². The second-order valence-corrected chi connectivity index (χ2v) is 2.20. The van der Waals surface area contributed by atoms with Crippen LogP contribution in [0, 0.1) is 0 Å². The Hall–Kier alpha value is -1.22. The van der Waals surface area contributed by atoms with Gasteiger partial charge in [0.2, 0.25) is 0 Å². The van der Waals surface area contributed by atoms with Crippen LogP contribution < -0.4 is 5.73 Å². The number of carbonyl (C=O) groups excluding carboxylic acids is 2. The number of rotatable bonds is 6. The third kappa shape index (κ3) is 5.56. The van der Waals surface area contributed by atoms with Gasteiger partial charge in [-0.05, 0) is 13.0 Å². The number of hydrogen-bond donors (Lipinski definition) is 1. The molecule has 0 aromatic heterocycles. The van der Waals surface area contributed by atoms with Gasteiger partial charge in [-0.25, -0.2) is 0 Å². The fraction of sp³-hybridized carbons (Fsp3) is 0.333. The van der Waals surface area contributed by atoms with E-state index in [1.54, 1.807) is 18.2 Å². The van der Waals surface area contributed by atoms with E-state index in [0.717, 1.165) is 12.6 Å². The first kappa shape index (κ1) is 10.8. The summed E-state index contributed by atoms with van der Waals surface area (Å²) in [6.45, 7) is 0.527. The maximum Gasteiger partial charge on any atom is 0.149 e. The molecule has 0 fully saturated rings. The highest BCUT2D eigenvalue weighted by Gasteiger charge is 1.86. The van der Waals surface area contributed by atoms with Crippen LogP contribution in [0.15, 0.2) is 23.8 Å². The minimum absolute atomic E-state index is 0.341. The maximum atomic E-state index is 10.4. The van der Waals surface area contributed by atoms with Crippen molar-refractivity contribution in [2.24, 2.45) is 5.73 Å². The third-order valence-electron chi connectivity index (χ3n) is 1.23. The average Bonchev–Trinajstić information content (AvgIpc) is 2.11. The summed E-state index contributed by atoms with van der Waals surface area (Å²) in [6, 6.07) is 0. The Labute approximate surface area is 71.9 Å². The van der Waals surface area contributed by atoms with Crippen LogP contribution in [0.5, 0.6) is 0 Å². The van der Waals surface area contributed by atoms with E-state index in [1.165, 1.54) is 0 Å². The molecule has 12 heavy (non-hydrogen) atoms. The molecule has 0 aliphatic rings. The Bertz CT molecular complexity index is 195. The molecular weight excluding hydrogens is 154 g/mol. The zero-order valence-corrected chi connectivity index (χ0v) is 6.90. The Balaban J connectivity index is 3.97. The van der Waals surface area contributed by atoms with Crippen LogP contribution in [0.3, 0.4) is 0 Å². The van der Waals surface area contributed by atoms with Crippen molar-refractivity contribution in [2.75, 3.05) is 6.54 Å². The molecule has 0 saturated heterocycles. The molecule has 2 N–H and O–H groups in total. The predicted octanol–water partition coefficient (Wildman–Crippen LogP) is 0.606. The van der Waals surface area contributed by atoms with Gasteiger partial charge < -0.3 is 10.5 Å². The van der Waals surface area contributed by atoms with E-state index in [1.807, 2.05) is 0 Å². The predicted molar refractivity (Wildman–Crippen MR) is 47.6 cm³/mol. The zero-order valence-electron chi connectivity index (χ0n) is 6.90. The van der Waals surface area contributed by atoms with E-state index in [9.17, 15) is 9.59 Å². The van der Waals surface area contributed by atoms with Crippen molar-refractivity contribution in [2.45, 2.75) is 12.8 Å². The summed E-state index contributed by atoms with van der Waals surface area (Å²) in [4.78, 5) is 20.3. The first-order chi connectivity index (χ1) is 5.85. The standard InChI is InChI=1S/C9H13NO2/c10-6-3-5-9(8-12)4-1-2-7-11/h1,4-5,7-8H,2-3,6,10H2/b4-1-,9-5+. The normalized spacial score (nSPS) is 11.9. The van der Waals surface area contributed by atoms with Crippen LogP contribution in [-0.4, -0.2) is 19.1 Å². The van der Waals surface area contributed by atoms with Gasteiger partial charge in [0.15, 0.2) is 0 Å². The molecule has 0 aromatic rings. The molecule has 0 aromatic carbocycles. The van der Waals surface area contributed by atoms with Gasteiger partial charge in [0, 0.05) is 12.0 Å². The lowest BCUT2D eigenvalue weighted by molar-refractivity contribution is -0.107. The smallest absolute Gasteiger partial charge is 0.149 e. The van der Waals surface area contributed by atoms with Crippen molar-refractivity contribution in [3.8, 4) is 0 Å².